The van der Waals surface area contributed by atoms with Crippen molar-refractivity contribution in [1.82, 2.24) is 9.88 Å². The van der Waals surface area contributed by atoms with E-state index in [1.54, 1.807) is 0 Å². The summed E-state index contributed by atoms with van der Waals surface area (Å²) in [4.78, 5) is 20.4. The van der Waals surface area contributed by atoms with E-state index in [4.69, 9.17) is 4.74 Å². The third-order valence-corrected chi connectivity index (χ3v) is 3.87. The first-order valence-corrected chi connectivity index (χ1v) is 7.40. The smallest absolute Gasteiger partial charge is 0.409 e. The fraction of sp³-hybridized carbons (Fsp3) is 0.600. The standard InChI is InChI=1S/C15H21N3O2/c19-15(20-12-13-5-6-13)18-9-3-8-17(10-11-18)14-4-1-2-7-16-14/h1-2,4,7,13H,3,5-6,8-12H2. The third kappa shape index (κ3) is 3.40. The highest BCUT2D eigenvalue weighted by Crippen LogP contribution is 2.29. The van der Waals surface area contributed by atoms with Gasteiger partial charge in [0, 0.05) is 32.4 Å². The molecule has 2 heterocycles. The Balaban J connectivity index is 1.52. The molecule has 1 aromatic heterocycles. The predicted octanol–water partition coefficient (Wildman–Crippen LogP) is 2.14. The number of amides is 1. The number of ether oxygens (including phenoxy) is 1. The summed E-state index contributed by atoms with van der Waals surface area (Å²) in [7, 11) is 0. The molecule has 0 atom stereocenters. The maximum Gasteiger partial charge on any atom is 0.409 e. The topological polar surface area (TPSA) is 45.7 Å². The van der Waals surface area contributed by atoms with Crippen molar-refractivity contribution in [2.75, 3.05) is 37.7 Å². The number of aromatic nitrogens is 1. The Morgan fingerprint density at radius 3 is 2.90 bits per heavy atom. The summed E-state index contributed by atoms with van der Waals surface area (Å²) < 4.78 is 5.35. The molecule has 1 saturated heterocycles. The summed E-state index contributed by atoms with van der Waals surface area (Å²) in [6.45, 7) is 3.82. The van der Waals surface area contributed by atoms with Crippen LogP contribution < -0.4 is 4.90 Å². The monoisotopic (exact) mass is 275 g/mol. The number of anilines is 1. The molecule has 1 aliphatic heterocycles. The van der Waals surface area contributed by atoms with Crippen LogP contribution in [0.3, 0.4) is 0 Å². The van der Waals surface area contributed by atoms with Crippen LogP contribution in [0, 0.1) is 5.92 Å². The van der Waals surface area contributed by atoms with Crippen LogP contribution >= 0.6 is 0 Å². The van der Waals surface area contributed by atoms with Gasteiger partial charge in [0.2, 0.25) is 0 Å². The van der Waals surface area contributed by atoms with E-state index in [0.29, 0.717) is 19.1 Å². The fourth-order valence-electron chi connectivity index (χ4n) is 2.43. The van der Waals surface area contributed by atoms with Crippen LogP contribution in [0.5, 0.6) is 0 Å². The van der Waals surface area contributed by atoms with Gasteiger partial charge in [0.1, 0.15) is 5.82 Å². The Hall–Kier alpha value is -1.78. The van der Waals surface area contributed by atoms with E-state index >= 15 is 0 Å². The third-order valence-electron chi connectivity index (χ3n) is 3.87. The number of hydrogen-bond donors (Lipinski definition) is 0. The maximum atomic E-state index is 12.0. The van der Waals surface area contributed by atoms with Crippen molar-refractivity contribution in [3.05, 3.63) is 24.4 Å². The molecule has 1 aliphatic carbocycles. The van der Waals surface area contributed by atoms with E-state index in [1.807, 2.05) is 29.3 Å². The van der Waals surface area contributed by atoms with Gasteiger partial charge in [-0.2, -0.15) is 0 Å². The molecule has 0 N–H and O–H groups in total. The molecule has 1 aromatic rings. The highest BCUT2D eigenvalue weighted by Gasteiger charge is 2.25. The van der Waals surface area contributed by atoms with Gasteiger partial charge >= 0.3 is 6.09 Å². The number of hydrogen-bond acceptors (Lipinski definition) is 4. The molecule has 1 amide bonds. The van der Waals surface area contributed by atoms with Gasteiger partial charge in [0.15, 0.2) is 0 Å². The summed E-state index contributed by atoms with van der Waals surface area (Å²) in [6.07, 6.45) is 5.03. The Labute approximate surface area is 119 Å². The highest BCUT2D eigenvalue weighted by molar-refractivity contribution is 5.67. The molecule has 5 heteroatoms. The van der Waals surface area contributed by atoms with E-state index in [-0.39, 0.29) is 6.09 Å². The van der Waals surface area contributed by atoms with E-state index in [1.165, 1.54) is 12.8 Å². The van der Waals surface area contributed by atoms with Gasteiger partial charge in [0.25, 0.3) is 0 Å². The van der Waals surface area contributed by atoms with Crippen molar-refractivity contribution >= 4 is 11.9 Å². The molecular formula is C15H21N3O2. The lowest BCUT2D eigenvalue weighted by Gasteiger charge is -2.22. The average Bonchev–Trinajstić information content (AvgIpc) is 3.32. The SMILES string of the molecule is O=C(OCC1CC1)N1CCCN(c2ccccn2)CC1. The molecule has 20 heavy (non-hydrogen) atoms. The second-order valence-electron chi connectivity index (χ2n) is 5.54. The average molecular weight is 275 g/mol. The van der Waals surface area contributed by atoms with Gasteiger partial charge < -0.3 is 14.5 Å². The van der Waals surface area contributed by atoms with Gasteiger partial charge in [0.05, 0.1) is 6.61 Å². The van der Waals surface area contributed by atoms with Crippen molar-refractivity contribution in [3.8, 4) is 0 Å². The quantitative estimate of drug-likeness (QED) is 0.848. The molecule has 5 nitrogen and oxygen atoms in total. The molecule has 0 spiro atoms. The van der Waals surface area contributed by atoms with Gasteiger partial charge in [-0.15, -0.1) is 0 Å². The largest absolute Gasteiger partial charge is 0.449 e. The van der Waals surface area contributed by atoms with Crippen LogP contribution in [0.15, 0.2) is 24.4 Å². The molecule has 0 bridgehead atoms. The number of nitrogens with zero attached hydrogens (tertiary/aromatic N) is 3. The van der Waals surface area contributed by atoms with E-state index in [9.17, 15) is 4.79 Å². The Bertz CT molecular complexity index is 448. The molecule has 1 saturated carbocycles. The lowest BCUT2D eigenvalue weighted by Crippen LogP contribution is -2.36. The first-order valence-electron chi connectivity index (χ1n) is 7.40. The normalized spacial score (nSPS) is 19.6. The fourth-order valence-corrected chi connectivity index (χ4v) is 2.43. The van der Waals surface area contributed by atoms with Crippen LogP contribution in [0.1, 0.15) is 19.3 Å². The van der Waals surface area contributed by atoms with E-state index in [0.717, 1.165) is 31.9 Å². The minimum Gasteiger partial charge on any atom is -0.449 e. The van der Waals surface area contributed by atoms with Crippen LogP contribution in [0.2, 0.25) is 0 Å². The van der Waals surface area contributed by atoms with Crippen molar-refractivity contribution in [3.63, 3.8) is 0 Å². The van der Waals surface area contributed by atoms with Gasteiger partial charge in [-0.25, -0.2) is 9.78 Å². The second kappa shape index (κ2) is 6.11. The zero-order chi connectivity index (χ0) is 13.8. The predicted molar refractivity (Wildman–Crippen MR) is 76.7 cm³/mol. The number of pyridine rings is 1. The number of carbonyl (C=O) groups is 1. The minimum absolute atomic E-state index is 0.153. The lowest BCUT2D eigenvalue weighted by atomic mass is 10.3. The zero-order valence-electron chi connectivity index (χ0n) is 11.7. The minimum atomic E-state index is -0.153. The van der Waals surface area contributed by atoms with Crippen LogP contribution in [-0.4, -0.2) is 48.8 Å². The highest BCUT2D eigenvalue weighted by atomic mass is 16.6. The summed E-state index contributed by atoms with van der Waals surface area (Å²) in [6, 6.07) is 5.93. The summed E-state index contributed by atoms with van der Waals surface area (Å²) in [5.74, 6) is 1.61. The Morgan fingerprint density at radius 2 is 2.15 bits per heavy atom. The Morgan fingerprint density at radius 1 is 1.25 bits per heavy atom. The Kier molecular flexibility index (Phi) is 4.04. The molecular weight excluding hydrogens is 254 g/mol. The molecule has 2 aliphatic rings. The van der Waals surface area contributed by atoms with Crippen LogP contribution in [-0.2, 0) is 4.74 Å². The molecule has 3 rings (SSSR count). The first-order chi connectivity index (χ1) is 9.83. The second-order valence-corrected chi connectivity index (χ2v) is 5.54. The molecule has 108 valence electrons. The molecule has 0 unspecified atom stereocenters. The van der Waals surface area contributed by atoms with Crippen molar-refractivity contribution in [2.45, 2.75) is 19.3 Å². The molecule has 0 radical (unpaired) electrons. The molecule has 0 aromatic carbocycles. The van der Waals surface area contributed by atoms with Crippen molar-refractivity contribution in [1.29, 1.82) is 0 Å². The summed E-state index contributed by atoms with van der Waals surface area (Å²) in [5, 5.41) is 0. The van der Waals surface area contributed by atoms with Crippen molar-refractivity contribution in [2.24, 2.45) is 5.92 Å². The van der Waals surface area contributed by atoms with Crippen LogP contribution in [0.25, 0.3) is 0 Å². The van der Waals surface area contributed by atoms with E-state index in [2.05, 4.69) is 9.88 Å². The number of carbonyl (C=O) groups excluding carboxylic acids is 1. The van der Waals surface area contributed by atoms with Gasteiger partial charge in [-0.3, -0.25) is 0 Å². The molecule has 2 fully saturated rings. The van der Waals surface area contributed by atoms with Crippen molar-refractivity contribution < 1.29 is 9.53 Å². The number of rotatable bonds is 3. The lowest BCUT2D eigenvalue weighted by molar-refractivity contribution is 0.101. The zero-order valence-corrected chi connectivity index (χ0v) is 11.7. The summed E-state index contributed by atoms with van der Waals surface area (Å²) in [5.41, 5.74) is 0. The van der Waals surface area contributed by atoms with E-state index < -0.39 is 0 Å². The van der Waals surface area contributed by atoms with Gasteiger partial charge in [-0.1, -0.05) is 6.07 Å². The summed E-state index contributed by atoms with van der Waals surface area (Å²) >= 11 is 0. The van der Waals surface area contributed by atoms with Crippen LogP contribution in [0.4, 0.5) is 10.6 Å². The maximum absolute atomic E-state index is 12.0. The first kappa shape index (κ1) is 13.2. The van der Waals surface area contributed by atoms with Gasteiger partial charge in [-0.05, 0) is 37.3 Å².